The maximum absolute atomic E-state index is 12.7. The first-order valence-corrected chi connectivity index (χ1v) is 12.2. The molecule has 5 rings (SSSR count). The van der Waals surface area contributed by atoms with Gasteiger partial charge in [0.05, 0.1) is 28.1 Å². The molecule has 3 N–H and O–H groups in total. The Morgan fingerprint density at radius 1 is 1.22 bits per heavy atom. The Hall–Kier alpha value is -4.17. The number of fused-ring (bicyclic) bond motifs is 2. The Bertz CT molecular complexity index is 1470. The summed E-state index contributed by atoms with van der Waals surface area (Å²) in [6.45, 7) is 0.922. The third kappa shape index (κ3) is 5.49. The van der Waals surface area contributed by atoms with Crippen LogP contribution in [0.2, 0.25) is 0 Å². The van der Waals surface area contributed by atoms with Gasteiger partial charge in [0.15, 0.2) is 0 Å². The van der Waals surface area contributed by atoms with Crippen LogP contribution in [0.1, 0.15) is 0 Å². The van der Waals surface area contributed by atoms with E-state index in [1.807, 2.05) is 6.07 Å². The summed E-state index contributed by atoms with van der Waals surface area (Å²) in [5.41, 5.74) is -0.121. The number of aryl methyl sites for hydroxylation is 1. The van der Waals surface area contributed by atoms with Gasteiger partial charge in [0.1, 0.15) is 17.7 Å². The number of amides is 2. The molecule has 0 saturated carbocycles. The number of nitrogens with one attached hydrogen (secondary N) is 2. The molecular weight excluding hydrogens is 504 g/mol. The second-order valence-corrected chi connectivity index (χ2v) is 9.11. The number of carboxylic acid groups (broad SMARTS) is 1. The summed E-state index contributed by atoms with van der Waals surface area (Å²) in [5, 5.41) is 13.2. The monoisotopic (exact) mass is 528 g/mol. The van der Waals surface area contributed by atoms with Gasteiger partial charge in [-0.2, -0.15) is 0 Å². The van der Waals surface area contributed by atoms with Crippen LogP contribution in [0.5, 0.6) is 0 Å². The second kappa shape index (κ2) is 11.3. The number of carbonyl (C=O) groups excluding carboxylic acids is 2. The van der Waals surface area contributed by atoms with Crippen LogP contribution in [0.25, 0.3) is 10.9 Å². The second-order valence-electron chi connectivity index (χ2n) is 8.09. The lowest BCUT2D eigenvalue weighted by atomic mass is 10.2. The van der Waals surface area contributed by atoms with Crippen LogP contribution in [0.3, 0.4) is 0 Å². The number of pyridine rings is 1. The molecule has 1 atom stereocenters. The highest BCUT2D eigenvalue weighted by molar-refractivity contribution is 8.00. The van der Waals surface area contributed by atoms with Crippen molar-refractivity contribution in [3.8, 4) is 0 Å². The zero-order valence-corrected chi connectivity index (χ0v) is 20.6. The minimum atomic E-state index is -0.520. The largest absolute Gasteiger partial charge is 0.483 e. The van der Waals surface area contributed by atoms with Crippen LogP contribution >= 0.6 is 11.8 Å². The van der Waals surface area contributed by atoms with Gasteiger partial charge in [-0.3, -0.25) is 28.4 Å². The minimum Gasteiger partial charge on any atom is -0.483 e. The summed E-state index contributed by atoms with van der Waals surface area (Å²) in [5.74, 6) is 1.05. The van der Waals surface area contributed by atoms with Crippen molar-refractivity contribution in [3.05, 3.63) is 57.2 Å². The predicted octanol–water partition coefficient (Wildman–Crippen LogP) is 0.455. The SMILES string of the molecule is Cn1c(=O)n(CCNCC2CN(c3ccc4c(n3)NC(=O)CS4)C(=O)O2)c(=O)c2ccccc21.O=CO. The quantitative estimate of drug-likeness (QED) is 0.302. The van der Waals surface area contributed by atoms with Gasteiger partial charge in [0, 0.05) is 26.7 Å². The number of thioether (sulfide) groups is 1. The van der Waals surface area contributed by atoms with E-state index in [0.717, 1.165) is 4.90 Å². The molecule has 4 heterocycles. The number of cyclic esters (lactones) is 1. The van der Waals surface area contributed by atoms with Crippen molar-refractivity contribution in [2.75, 3.05) is 35.6 Å². The molecule has 37 heavy (non-hydrogen) atoms. The zero-order valence-electron chi connectivity index (χ0n) is 19.7. The normalized spacial score (nSPS) is 16.5. The van der Waals surface area contributed by atoms with Crippen molar-refractivity contribution in [1.82, 2.24) is 19.4 Å². The molecule has 14 heteroatoms. The Balaban J connectivity index is 0.00000102. The number of hydrogen-bond donors (Lipinski definition) is 3. The van der Waals surface area contributed by atoms with Gasteiger partial charge in [0.25, 0.3) is 12.0 Å². The van der Waals surface area contributed by atoms with Crippen LogP contribution in [0.4, 0.5) is 16.4 Å². The molecule has 2 aliphatic heterocycles. The minimum absolute atomic E-state index is 0.131. The maximum atomic E-state index is 12.7. The maximum Gasteiger partial charge on any atom is 0.416 e. The number of aromatic nitrogens is 3. The molecule has 0 spiro atoms. The lowest BCUT2D eigenvalue weighted by molar-refractivity contribution is -0.123. The summed E-state index contributed by atoms with van der Waals surface area (Å²) < 4.78 is 8.09. The summed E-state index contributed by atoms with van der Waals surface area (Å²) in [6, 6.07) is 10.5. The molecule has 2 aliphatic rings. The van der Waals surface area contributed by atoms with Gasteiger partial charge in [-0.25, -0.2) is 14.6 Å². The Morgan fingerprint density at radius 2 is 1.97 bits per heavy atom. The fraction of sp³-hybridized carbons (Fsp3) is 0.304. The Labute approximate surface area is 214 Å². The molecule has 0 aliphatic carbocycles. The molecular formula is C23H24N6O7S. The van der Waals surface area contributed by atoms with Crippen LogP contribution < -0.4 is 26.8 Å². The van der Waals surface area contributed by atoms with Gasteiger partial charge < -0.3 is 20.5 Å². The number of para-hydroxylation sites is 1. The van der Waals surface area contributed by atoms with Crippen LogP contribution in [0.15, 0.2) is 50.9 Å². The van der Waals surface area contributed by atoms with E-state index in [2.05, 4.69) is 15.6 Å². The average Bonchev–Trinajstić information content (AvgIpc) is 3.27. The van der Waals surface area contributed by atoms with Crippen molar-refractivity contribution < 1.29 is 24.2 Å². The summed E-state index contributed by atoms with van der Waals surface area (Å²) in [4.78, 5) is 64.4. The predicted molar refractivity (Wildman–Crippen MR) is 136 cm³/mol. The number of anilines is 2. The van der Waals surface area contributed by atoms with Gasteiger partial charge in [-0.05, 0) is 24.3 Å². The van der Waals surface area contributed by atoms with E-state index in [1.165, 1.54) is 25.8 Å². The van der Waals surface area contributed by atoms with Gasteiger partial charge >= 0.3 is 11.8 Å². The third-order valence-corrected chi connectivity index (χ3v) is 6.80. The molecule has 2 aromatic heterocycles. The highest BCUT2D eigenvalue weighted by Gasteiger charge is 2.33. The van der Waals surface area contributed by atoms with E-state index < -0.39 is 12.2 Å². The van der Waals surface area contributed by atoms with Crippen molar-refractivity contribution >= 4 is 52.8 Å². The first-order chi connectivity index (χ1) is 17.8. The molecule has 13 nitrogen and oxygen atoms in total. The lowest BCUT2D eigenvalue weighted by Gasteiger charge is -2.18. The van der Waals surface area contributed by atoms with Gasteiger partial charge in [0.2, 0.25) is 5.91 Å². The number of hydrogen-bond acceptors (Lipinski definition) is 9. The molecule has 1 fully saturated rings. The molecule has 1 unspecified atom stereocenters. The molecule has 1 saturated heterocycles. The van der Waals surface area contributed by atoms with E-state index >= 15 is 0 Å². The molecule has 194 valence electrons. The summed E-state index contributed by atoms with van der Waals surface area (Å²) >= 11 is 1.40. The smallest absolute Gasteiger partial charge is 0.416 e. The molecule has 1 aromatic carbocycles. The average molecular weight is 529 g/mol. The van der Waals surface area contributed by atoms with Crippen LogP contribution in [-0.4, -0.2) is 69.2 Å². The van der Waals surface area contributed by atoms with Gasteiger partial charge in [-0.1, -0.05) is 12.1 Å². The van der Waals surface area contributed by atoms with Crippen molar-refractivity contribution in [2.45, 2.75) is 17.5 Å². The number of carbonyl (C=O) groups is 3. The molecule has 3 aromatic rings. The fourth-order valence-corrected chi connectivity index (χ4v) is 4.79. The standard InChI is InChI=1S/C22H22N6O5S.CH2O2/c1-26-15-5-3-2-4-14(15)20(30)27(21(26)31)9-8-23-10-13-11-28(22(32)33-13)17-7-6-16-19(24-17)25-18(29)12-34-16;2-1-3/h2-7,13,23H,8-12H2,1H3,(H,24,25,29);1H,(H,2,3). The van der Waals surface area contributed by atoms with Crippen LogP contribution in [0, 0.1) is 0 Å². The van der Waals surface area contributed by atoms with Crippen molar-refractivity contribution in [3.63, 3.8) is 0 Å². The summed E-state index contributed by atoms with van der Waals surface area (Å²) in [7, 11) is 1.64. The van der Waals surface area contributed by atoms with Crippen molar-refractivity contribution in [1.29, 1.82) is 0 Å². The Morgan fingerprint density at radius 3 is 2.76 bits per heavy atom. The molecule has 0 radical (unpaired) electrons. The van der Waals surface area contributed by atoms with E-state index in [0.29, 0.717) is 41.4 Å². The first kappa shape index (κ1) is 25.9. The number of benzene rings is 1. The fourth-order valence-electron chi connectivity index (χ4n) is 4.03. The van der Waals surface area contributed by atoms with E-state index in [-0.39, 0.29) is 36.7 Å². The number of rotatable bonds is 6. The number of nitrogens with zero attached hydrogens (tertiary/aromatic N) is 4. The molecule has 2 amide bonds. The topological polar surface area (TPSA) is 165 Å². The van der Waals surface area contributed by atoms with E-state index in [1.54, 1.807) is 37.4 Å². The Kier molecular flexibility index (Phi) is 7.89. The number of ether oxygens (including phenoxy) is 1. The highest BCUT2D eigenvalue weighted by Crippen LogP contribution is 2.32. The molecule has 0 bridgehead atoms. The van der Waals surface area contributed by atoms with Gasteiger partial charge in [-0.15, -0.1) is 11.8 Å². The third-order valence-electron chi connectivity index (χ3n) is 5.75. The van der Waals surface area contributed by atoms with E-state index in [4.69, 9.17) is 14.6 Å². The summed E-state index contributed by atoms with van der Waals surface area (Å²) in [6.07, 6.45) is -0.945. The first-order valence-electron chi connectivity index (χ1n) is 11.2. The van der Waals surface area contributed by atoms with Crippen LogP contribution in [-0.2, 0) is 27.9 Å². The highest BCUT2D eigenvalue weighted by atomic mass is 32.2. The van der Waals surface area contributed by atoms with E-state index in [9.17, 15) is 19.2 Å². The lowest BCUT2D eigenvalue weighted by Crippen LogP contribution is -2.42. The van der Waals surface area contributed by atoms with Crippen molar-refractivity contribution in [2.24, 2.45) is 7.05 Å². The zero-order chi connectivity index (χ0) is 26.5.